The second-order valence-electron chi connectivity index (χ2n) is 4.62. The summed E-state index contributed by atoms with van der Waals surface area (Å²) in [5.41, 5.74) is 8.80. The van der Waals surface area contributed by atoms with Crippen molar-refractivity contribution in [2.45, 2.75) is 12.5 Å². The maximum atomic E-state index is 13.3. The highest BCUT2D eigenvalue weighted by Gasteiger charge is 2.12. The highest BCUT2D eigenvalue weighted by atomic mass is 35.5. The maximum Gasteiger partial charge on any atom is 0.123 e. The van der Waals surface area contributed by atoms with E-state index >= 15 is 0 Å². The Morgan fingerprint density at radius 3 is 3.00 bits per heavy atom. The number of hydrogen-bond donors (Lipinski definition) is 1. The molecule has 0 bridgehead atoms. The van der Waals surface area contributed by atoms with E-state index in [9.17, 15) is 4.39 Å². The van der Waals surface area contributed by atoms with E-state index in [0.29, 0.717) is 17.0 Å². The van der Waals surface area contributed by atoms with Crippen molar-refractivity contribution in [3.05, 3.63) is 63.9 Å². The Kier molecular flexibility index (Phi) is 3.70. The van der Waals surface area contributed by atoms with Gasteiger partial charge in [0.2, 0.25) is 0 Å². The molecule has 3 rings (SSSR count). The van der Waals surface area contributed by atoms with Gasteiger partial charge in [0.25, 0.3) is 0 Å². The lowest BCUT2D eigenvalue weighted by Gasteiger charge is -2.13. The SMILES string of the molecule is NC(Cc1cc(F)ccc1Cl)c1cnc2ccsc2c1. The van der Waals surface area contributed by atoms with Crippen LogP contribution in [0, 0.1) is 5.82 Å². The van der Waals surface area contributed by atoms with Gasteiger partial charge in [-0.25, -0.2) is 4.39 Å². The molecule has 0 radical (unpaired) electrons. The molecule has 2 nitrogen and oxygen atoms in total. The number of pyridine rings is 1. The summed E-state index contributed by atoms with van der Waals surface area (Å²) in [5, 5.41) is 2.53. The fourth-order valence-electron chi connectivity index (χ4n) is 2.12. The molecule has 2 heterocycles. The van der Waals surface area contributed by atoms with Crippen molar-refractivity contribution in [3.63, 3.8) is 0 Å². The van der Waals surface area contributed by atoms with E-state index in [1.165, 1.54) is 12.1 Å². The molecule has 102 valence electrons. The summed E-state index contributed by atoms with van der Waals surface area (Å²) in [6, 6.07) is 8.08. The molecule has 2 N–H and O–H groups in total. The summed E-state index contributed by atoms with van der Waals surface area (Å²) in [7, 11) is 0. The predicted molar refractivity (Wildman–Crippen MR) is 81.7 cm³/mol. The summed E-state index contributed by atoms with van der Waals surface area (Å²) in [6.07, 6.45) is 2.25. The molecule has 0 aliphatic carbocycles. The van der Waals surface area contributed by atoms with E-state index in [1.54, 1.807) is 23.6 Å². The monoisotopic (exact) mass is 306 g/mol. The third-order valence-electron chi connectivity index (χ3n) is 3.20. The quantitative estimate of drug-likeness (QED) is 0.782. The number of rotatable bonds is 3. The van der Waals surface area contributed by atoms with Gasteiger partial charge < -0.3 is 5.73 Å². The van der Waals surface area contributed by atoms with Gasteiger partial charge in [-0.15, -0.1) is 11.3 Å². The van der Waals surface area contributed by atoms with Crippen molar-refractivity contribution < 1.29 is 4.39 Å². The number of benzene rings is 1. The molecule has 0 saturated heterocycles. The molecule has 0 aliphatic rings. The van der Waals surface area contributed by atoms with E-state index in [2.05, 4.69) is 4.98 Å². The predicted octanol–water partition coefficient (Wildman–Crippen LogP) is 4.33. The molecule has 0 fully saturated rings. The Hall–Kier alpha value is -1.49. The van der Waals surface area contributed by atoms with Crippen molar-refractivity contribution in [1.82, 2.24) is 4.98 Å². The molecule has 0 amide bonds. The summed E-state index contributed by atoms with van der Waals surface area (Å²) in [5.74, 6) is -0.302. The zero-order valence-corrected chi connectivity index (χ0v) is 12.1. The first-order chi connectivity index (χ1) is 9.63. The minimum atomic E-state index is -0.302. The van der Waals surface area contributed by atoms with Gasteiger partial charge in [-0.2, -0.15) is 0 Å². The Morgan fingerprint density at radius 1 is 1.30 bits per heavy atom. The van der Waals surface area contributed by atoms with Crippen LogP contribution in [0.2, 0.25) is 5.02 Å². The first-order valence-corrected chi connectivity index (χ1v) is 7.42. The van der Waals surface area contributed by atoms with Crippen LogP contribution >= 0.6 is 22.9 Å². The molecule has 0 spiro atoms. The second kappa shape index (κ2) is 5.48. The van der Waals surface area contributed by atoms with Crippen molar-refractivity contribution in [1.29, 1.82) is 0 Å². The Morgan fingerprint density at radius 2 is 2.15 bits per heavy atom. The average Bonchev–Trinajstić information content (AvgIpc) is 2.90. The molecular formula is C15H12ClFN2S. The average molecular weight is 307 g/mol. The standard InChI is InChI=1S/C15H12ClFN2S/c16-12-2-1-11(17)5-9(12)6-13(18)10-7-15-14(19-8-10)3-4-20-15/h1-5,7-8,13H,6,18H2. The molecule has 3 aromatic rings. The minimum absolute atomic E-state index is 0.256. The fraction of sp³-hybridized carbons (Fsp3) is 0.133. The van der Waals surface area contributed by atoms with Crippen LogP contribution in [-0.4, -0.2) is 4.98 Å². The first kappa shape index (κ1) is 13.5. The van der Waals surface area contributed by atoms with E-state index in [1.807, 2.05) is 17.5 Å². The van der Waals surface area contributed by atoms with Gasteiger partial charge in [0.05, 0.1) is 10.2 Å². The highest BCUT2D eigenvalue weighted by Crippen LogP contribution is 2.26. The van der Waals surface area contributed by atoms with Gasteiger partial charge in [-0.1, -0.05) is 11.6 Å². The largest absolute Gasteiger partial charge is 0.324 e. The molecule has 20 heavy (non-hydrogen) atoms. The van der Waals surface area contributed by atoms with Gasteiger partial charge in [-0.3, -0.25) is 4.98 Å². The van der Waals surface area contributed by atoms with Crippen molar-refractivity contribution in [2.75, 3.05) is 0 Å². The van der Waals surface area contributed by atoms with Gasteiger partial charge in [0, 0.05) is 17.3 Å². The van der Waals surface area contributed by atoms with Gasteiger partial charge in [0.15, 0.2) is 0 Å². The van der Waals surface area contributed by atoms with Gasteiger partial charge in [0.1, 0.15) is 5.82 Å². The topological polar surface area (TPSA) is 38.9 Å². The number of aromatic nitrogens is 1. The molecule has 1 unspecified atom stereocenters. The second-order valence-corrected chi connectivity index (χ2v) is 5.97. The zero-order valence-electron chi connectivity index (χ0n) is 10.5. The van der Waals surface area contributed by atoms with Crippen LogP contribution in [0.4, 0.5) is 4.39 Å². The Bertz CT molecular complexity index is 756. The Balaban J connectivity index is 1.88. The summed E-state index contributed by atoms with van der Waals surface area (Å²) in [6.45, 7) is 0. The normalized spacial score (nSPS) is 12.8. The lowest BCUT2D eigenvalue weighted by atomic mass is 10.0. The van der Waals surface area contributed by atoms with Gasteiger partial charge >= 0.3 is 0 Å². The van der Waals surface area contributed by atoms with Crippen LogP contribution in [0.5, 0.6) is 0 Å². The number of nitrogens with zero attached hydrogens (tertiary/aromatic N) is 1. The van der Waals surface area contributed by atoms with Crippen LogP contribution < -0.4 is 5.73 Å². The first-order valence-electron chi connectivity index (χ1n) is 6.16. The zero-order chi connectivity index (χ0) is 14.1. The Labute approximate surface area is 125 Å². The lowest BCUT2D eigenvalue weighted by molar-refractivity contribution is 0.622. The highest BCUT2D eigenvalue weighted by molar-refractivity contribution is 7.17. The smallest absolute Gasteiger partial charge is 0.123 e. The maximum absolute atomic E-state index is 13.3. The molecule has 0 saturated carbocycles. The molecular weight excluding hydrogens is 295 g/mol. The van der Waals surface area contributed by atoms with Crippen LogP contribution in [0.1, 0.15) is 17.2 Å². The number of halogens is 2. The van der Waals surface area contributed by atoms with Crippen LogP contribution in [0.3, 0.4) is 0 Å². The van der Waals surface area contributed by atoms with Crippen LogP contribution in [-0.2, 0) is 6.42 Å². The van der Waals surface area contributed by atoms with Crippen molar-refractivity contribution in [3.8, 4) is 0 Å². The van der Waals surface area contributed by atoms with E-state index in [-0.39, 0.29) is 11.9 Å². The summed E-state index contributed by atoms with van der Waals surface area (Å²) < 4.78 is 14.4. The molecule has 5 heteroatoms. The minimum Gasteiger partial charge on any atom is -0.324 e. The molecule has 1 aromatic carbocycles. The van der Waals surface area contributed by atoms with Crippen molar-refractivity contribution >= 4 is 33.2 Å². The molecule has 0 aliphatic heterocycles. The van der Waals surface area contributed by atoms with Gasteiger partial charge in [-0.05, 0) is 53.3 Å². The van der Waals surface area contributed by atoms with E-state index in [0.717, 1.165) is 15.8 Å². The van der Waals surface area contributed by atoms with Crippen LogP contribution in [0.25, 0.3) is 10.2 Å². The summed E-state index contributed by atoms with van der Waals surface area (Å²) >= 11 is 7.70. The fourth-order valence-corrected chi connectivity index (χ4v) is 3.10. The van der Waals surface area contributed by atoms with E-state index < -0.39 is 0 Å². The number of hydrogen-bond acceptors (Lipinski definition) is 3. The van der Waals surface area contributed by atoms with Crippen molar-refractivity contribution in [2.24, 2.45) is 5.73 Å². The lowest BCUT2D eigenvalue weighted by Crippen LogP contribution is -2.14. The number of nitrogens with two attached hydrogens (primary N) is 1. The third kappa shape index (κ3) is 2.68. The molecule has 1 atom stereocenters. The summed E-state index contributed by atoms with van der Waals surface area (Å²) in [4.78, 5) is 4.37. The van der Waals surface area contributed by atoms with E-state index in [4.69, 9.17) is 17.3 Å². The van der Waals surface area contributed by atoms with Crippen LogP contribution in [0.15, 0.2) is 41.9 Å². The third-order valence-corrected chi connectivity index (χ3v) is 4.42. The number of thiophene rings is 1. The number of fused-ring (bicyclic) bond motifs is 1. The molecule has 2 aromatic heterocycles.